The third kappa shape index (κ3) is 8.12. The predicted molar refractivity (Wildman–Crippen MR) is 74.3 cm³/mol. The molecular formula is C12H25NO5Si. The average Bonchev–Trinajstić information content (AvgIpc) is 2.39. The van der Waals surface area contributed by atoms with Crippen LogP contribution in [-0.4, -0.2) is 41.1 Å². The molecule has 0 radical (unpaired) electrons. The van der Waals surface area contributed by atoms with Crippen molar-refractivity contribution < 1.29 is 22.9 Å². The minimum absolute atomic E-state index is 0.497. The normalized spacial score (nSPS) is 11.3. The number of carbonyl (C=O) groups is 1. The zero-order valence-corrected chi connectivity index (χ0v) is 13.1. The van der Waals surface area contributed by atoms with Crippen molar-refractivity contribution in [3.8, 4) is 0 Å². The summed E-state index contributed by atoms with van der Waals surface area (Å²) < 4.78 is 17.1. The lowest BCUT2D eigenvalue weighted by Crippen LogP contribution is -2.46. The summed E-state index contributed by atoms with van der Waals surface area (Å²) in [6.45, 7) is 11.3. The Morgan fingerprint density at radius 1 is 1.16 bits per heavy atom. The van der Waals surface area contributed by atoms with Gasteiger partial charge in [0.05, 0.1) is 0 Å². The van der Waals surface area contributed by atoms with Crippen molar-refractivity contribution in [3.05, 3.63) is 12.7 Å². The molecule has 0 amide bonds. The van der Waals surface area contributed by atoms with E-state index in [2.05, 4.69) is 16.9 Å². The molecule has 0 aromatic heterocycles. The van der Waals surface area contributed by atoms with Crippen molar-refractivity contribution in [1.82, 2.24) is 5.48 Å². The second-order valence-electron chi connectivity index (χ2n) is 3.61. The lowest BCUT2D eigenvalue weighted by molar-refractivity contribution is -0.144. The molecule has 0 heterocycles. The van der Waals surface area contributed by atoms with E-state index >= 15 is 0 Å². The maximum absolute atomic E-state index is 10.8. The van der Waals surface area contributed by atoms with Crippen molar-refractivity contribution in [2.24, 2.45) is 0 Å². The van der Waals surface area contributed by atoms with Crippen LogP contribution in [0.3, 0.4) is 0 Å². The van der Waals surface area contributed by atoms with Crippen LogP contribution >= 0.6 is 0 Å². The molecule has 0 bridgehead atoms. The van der Waals surface area contributed by atoms with Gasteiger partial charge in [-0.2, -0.15) is 5.48 Å². The zero-order valence-electron chi connectivity index (χ0n) is 12.1. The molecule has 6 nitrogen and oxygen atoms in total. The van der Waals surface area contributed by atoms with E-state index in [9.17, 15) is 4.79 Å². The summed E-state index contributed by atoms with van der Waals surface area (Å²) in [7, 11) is -2.58. The van der Waals surface area contributed by atoms with Gasteiger partial charge in [0.2, 0.25) is 0 Å². The number of hydroxylamine groups is 1. The largest absolute Gasteiger partial charge is 0.500 e. The predicted octanol–water partition coefficient (Wildman–Crippen LogP) is 1.66. The number of hydrogen-bond acceptors (Lipinski definition) is 6. The zero-order chi connectivity index (χ0) is 14.6. The maximum atomic E-state index is 10.8. The van der Waals surface area contributed by atoms with Crippen LogP contribution in [0.1, 0.15) is 27.2 Å². The molecule has 0 saturated carbocycles. The van der Waals surface area contributed by atoms with E-state index in [0.29, 0.717) is 32.4 Å². The second-order valence-corrected chi connectivity index (χ2v) is 6.34. The highest BCUT2D eigenvalue weighted by Gasteiger charge is 2.39. The minimum Gasteiger partial charge on any atom is -0.374 e. The van der Waals surface area contributed by atoms with Crippen molar-refractivity contribution in [1.29, 1.82) is 0 Å². The summed E-state index contributed by atoms with van der Waals surface area (Å²) in [5.41, 5.74) is 2.57. The lowest BCUT2D eigenvalue weighted by Gasteiger charge is -2.28. The Morgan fingerprint density at radius 2 is 1.68 bits per heavy atom. The minimum atomic E-state index is -2.58. The van der Waals surface area contributed by atoms with E-state index in [1.807, 2.05) is 20.8 Å². The quantitative estimate of drug-likeness (QED) is 0.255. The van der Waals surface area contributed by atoms with Gasteiger partial charge in [-0.05, 0) is 27.2 Å². The first-order valence-corrected chi connectivity index (χ1v) is 8.55. The van der Waals surface area contributed by atoms with Gasteiger partial charge in [-0.15, -0.1) is 0 Å². The second kappa shape index (κ2) is 11.1. The Kier molecular flexibility index (Phi) is 10.7. The standard InChI is InChI=1S/C12H25NO5Si/c1-5-12(14)18-13-10-9-11-19(15-6-2,16-7-3)17-8-4/h5,13H,1,6-11H2,2-4H3. The molecular weight excluding hydrogens is 266 g/mol. The van der Waals surface area contributed by atoms with Crippen LogP contribution in [0.15, 0.2) is 12.7 Å². The van der Waals surface area contributed by atoms with E-state index in [4.69, 9.17) is 13.3 Å². The molecule has 19 heavy (non-hydrogen) atoms. The molecule has 0 unspecified atom stereocenters. The topological polar surface area (TPSA) is 66.0 Å². The molecule has 0 aliphatic heterocycles. The monoisotopic (exact) mass is 291 g/mol. The van der Waals surface area contributed by atoms with Gasteiger partial charge in [-0.3, -0.25) is 0 Å². The fourth-order valence-corrected chi connectivity index (χ4v) is 4.15. The third-order valence-electron chi connectivity index (χ3n) is 2.19. The summed E-state index contributed by atoms with van der Waals surface area (Å²) in [5.74, 6) is -0.497. The van der Waals surface area contributed by atoms with Crippen LogP contribution in [0.5, 0.6) is 0 Å². The van der Waals surface area contributed by atoms with Gasteiger partial charge in [-0.1, -0.05) is 6.58 Å². The fourth-order valence-electron chi connectivity index (χ4n) is 1.54. The van der Waals surface area contributed by atoms with Gasteiger partial charge in [0.15, 0.2) is 0 Å². The van der Waals surface area contributed by atoms with Gasteiger partial charge in [0, 0.05) is 38.5 Å². The highest BCUT2D eigenvalue weighted by atomic mass is 28.4. The molecule has 0 aliphatic rings. The Labute approximate surface area is 116 Å². The average molecular weight is 291 g/mol. The Bertz CT molecular complexity index is 245. The summed E-state index contributed by atoms with van der Waals surface area (Å²) in [5, 5.41) is 0. The van der Waals surface area contributed by atoms with Gasteiger partial charge >= 0.3 is 14.8 Å². The van der Waals surface area contributed by atoms with Gasteiger partial charge in [0.1, 0.15) is 0 Å². The molecule has 7 heteroatoms. The van der Waals surface area contributed by atoms with E-state index in [-0.39, 0.29) is 0 Å². The van der Waals surface area contributed by atoms with E-state index < -0.39 is 14.8 Å². The van der Waals surface area contributed by atoms with Crippen LogP contribution in [0.4, 0.5) is 0 Å². The van der Waals surface area contributed by atoms with Gasteiger partial charge in [-0.25, -0.2) is 4.79 Å². The first-order chi connectivity index (χ1) is 9.14. The Balaban J connectivity index is 4.09. The molecule has 0 spiro atoms. The third-order valence-corrected chi connectivity index (χ3v) is 5.35. The molecule has 0 aromatic carbocycles. The van der Waals surface area contributed by atoms with Crippen LogP contribution in [0.25, 0.3) is 0 Å². The first kappa shape index (κ1) is 18.3. The van der Waals surface area contributed by atoms with Gasteiger partial charge < -0.3 is 18.1 Å². The number of hydrogen-bond donors (Lipinski definition) is 1. The maximum Gasteiger partial charge on any atom is 0.500 e. The van der Waals surface area contributed by atoms with Crippen LogP contribution < -0.4 is 5.48 Å². The van der Waals surface area contributed by atoms with E-state index in [1.165, 1.54) is 0 Å². The molecule has 0 rings (SSSR count). The van der Waals surface area contributed by atoms with Crippen molar-refractivity contribution >= 4 is 14.8 Å². The molecule has 0 fully saturated rings. The highest BCUT2D eigenvalue weighted by molar-refractivity contribution is 6.60. The summed E-state index contributed by atoms with van der Waals surface area (Å²) in [6.07, 6.45) is 1.84. The summed E-state index contributed by atoms with van der Waals surface area (Å²) in [4.78, 5) is 15.5. The van der Waals surface area contributed by atoms with E-state index in [1.54, 1.807) is 0 Å². The molecule has 112 valence electrons. The fraction of sp³-hybridized carbons (Fsp3) is 0.750. The van der Waals surface area contributed by atoms with E-state index in [0.717, 1.165) is 12.5 Å². The smallest absolute Gasteiger partial charge is 0.374 e. The van der Waals surface area contributed by atoms with Gasteiger partial charge in [0.25, 0.3) is 0 Å². The number of carbonyl (C=O) groups excluding carboxylic acids is 1. The first-order valence-electron chi connectivity index (χ1n) is 6.62. The lowest BCUT2D eigenvalue weighted by atomic mass is 10.5. The van der Waals surface area contributed by atoms with Crippen LogP contribution in [-0.2, 0) is 22.9 Å². The Morgan fingerprint density at radius 3 is 2.11 bits per heavy atom. The molecule has 1 N–H and O–H groups in total. The van der Waals surface area contributed by atoms with Crippen molar-refractivity contribution in [2.75, 3.05) is 26.4 Å². The molecule has 0 aromatic rings. The molecule has 0 atom stereocenters. The summed E-state index contributed by atoms with van der Waals surface area (Å²) in [6, 6.07) is 0.682. The SMILES string of the molecule is C=CC(=O)ONCCC[Si](OCC)(OCC)OCC. The molecule has 0 aliphatic carbocycles. The Hall–Kier alpha value is -0.733. The highest BCUT2D eigenvalue weighted by Crippen LogP contribution is 2.17. The van der Waals surface area contributed by atoms with Crippen molar-refractivity contribution in [3.63, 3.8) is 0 Å². The summed E-state index contributed by atoms with van der Waals surface area (Å²) >= 11 is 0. The number of nitrogens with one attached hydrogen (secondary N) is 1. The van der Waals surface area contributed by atoms with Crippen LogP contribution in [0, 0.1) is 0 Å². The van der Waals surface area contributed by atoms with Crippen molar-refractivity contribution in [2.45, 2.75) is 33.2 Å². The van der Waals surface area contributed by atoms with Crippen LogP contribution in [0.2, 0.25) is 6.04 Å². The molecule has 0 saturated heterocycles. The number of rotatable bonds is 12.